The van der Waals surface area contributed by atoms with Crippen LogP contribution in [0.25, 0.3) is 0 Å². The number of sulfone groups is 1. The third-order valence-corrected chi connectivity index (χ3v) is 8.33. The molecule has 8 heteroatoms. The molecule has 0 unspecified atom stereocenters. The van der Waals surface area contributed by atoms with Crippen LogP contribution in [0.2, 0.25) is 0 Å². The standard InChI is InChI=1S/C19H27NO5S2/c1-4-20(14-7-8-27(23,24)11-14)18(21)13(3)25-19(22)16-10-26-17-9-12(2)5-6-15(16)17/h10,12-14H,4-9,11H2,1-3H3/t12-,13-,14+/m0/s1. The molecule has 6 nitrogen and oxygen atoms in total. The van der Waals surface area contributed by atoms with E-state index < -0.39 is 21.9 Å². The Morgan fingerprint density at radius 2 is 2.11 bits per heavy atom. The quantitative estimate of drug-likeness (QED) is 0.693. The summed E-state index contributed by atoms with van der Waals surface area (Å²) in [6.07, 6.45) is 2.42. The van der Waals surface area contributed by atoms with E-state index in [0.29, 0.717) is 24.4 Å². The normalized spacial score (nSPS) is 24.9. The van der Waals surface area contributed by atoms with Crippen molar-refractivity contribution in [3.63, 3.8) is 0 Å². The SMILES string of the molecule is CCN(C(=O)[C@H](C)OC(=O)c1csc2c1CC[C@H](C)C2)[C@@H]1CCS(=O)(=O)C1. The van der Waals surface area contributed by atoms with Crippen molar-refractivity contribution >= 4 is 33.1 Å². The molecule has 1 aliphatic heterocycles. The van der Waals surface area contributed by atoms with Crippen molar-refractivity contribution in [2.75, 3.05) is 18.1 Å². The lowest BCUT2D eigenvalue weighted by Gasteiger charge is -2.29. The Balaban J connectivity index is 1.66. The first kappa shape index (κ1) is 20.3. The molecule has 1 saturated heterocycles. The second-order valence-electron chi connectivity index (χ2n) is 7.63. The van der Waals surface area contributed by atoms with Crippen molar-refractivity contribution in [3.8, 4) is 0 Å². The highest BCUT2D eigenvalue weighted by Gasteiger charge is 2.36. The summed E-state index contributed by atoms with van der Waals surface area (Å²) in [6.45, 7) is 5.98. The number of ether oxygens (including phenoxy) is 1. The molecule has 0 bridgehead atoms. The van der Waals surface area contributed by atoms with E-state index in [-0.39, 0.29) is 23.5 Å². The molecule has 0 saturated carbocycles. The van der Waals surface area contributed by atoms with E-state index in [1.165, 1.54) is 9.78 Å². The Labute approximate surface area is 164 Å². The molecular formula is C19H27NO5S2. The first-order valence-corrected chi connectivity index (χ1v) is 12.2. The molecule has 1 aliphatic carbocycles. The van der Waals surface area contributed by atoms with Gasteiger partial charge >= 0.3 is 5.97 Å². The lowest BCUT2D eigenvalue weighted by atomic mass is 9.88. The molecule has 1 aromatic heterocycles. The molecule has 27 heavy (non-hydrogen) atoms. The molecule has 1 aromatic rings. The molecule has 3 atom stereocenters. The molecular weight excluding hydrogens is 386 g/mol. The van der Waals surface area contributed by atoms with Gasteiger partial charge in [-0.3, -0.25) is 4.79 Å². The number of thiophene rings is 1. The Morgan fingerprint density at radius 1 is 1.37 bits per heavy atom. The van der Waals surface area contributed by atoms with Crippen molar-refractivity contribution in [1.29, 1.82) is 0 Å². The number of rotatable bonds is 5. The van der Waals surface area contributed by atoms with Gasteiger partial charge in [-0.2, -0.15) is 0 Å². The van der Waals surface area contributed by atoms with E-state index in [1.54, 1.807) is 18.3 Å². The second-order valence-corrected chi connectivity index (χ2v) is 10.8. The van der Waals surface area contributed by atoms with Gasteiger partial charge in [-0.1, -0.05) is 6.92 Å². The fraction of sp³-hybridized carbons (Fsp3) is 0.684. The molecule has 2 heterocycles. The van der Waals surface area contributed by atoms with Crippen LogP contribution in [0.5, 0.6) is 0 Å². The zero-order valence-electron chi connectivity index (χ0n) is 16.1. The molecule has 0 aromatic carbocycles. The largest absolute Gasteiger partial charge is 0.449 e. The summed E-state index contributed by atoms with van der Waals surface area (Å²) >= 11 is 1.59. The minimum absolute atomic E-state index is 0.0104. The highest BCUT2D eigenvalue weighted by molar-refractivity contribution is 7.91. The minimum atomic E-state index is -3.08. The van der Waals surface area contributed by atoms with E-state index >= 15 is 0 Å². The first-order chi connectivity index (χ1) is 12.7. The van der Waals surface area contributed by atoms with Gasteiger partial charge in [0.15, 0.2) is 15.9 Å². The number of fused-ring (bicyclic) bond motifs is 1. The topological polar surface area (TPSA) is 80.8 Å². The predicted octanol–water partition coefficient (Wildman–Crippen LogP) is 2.45. The Hall–Kier alpha value is -1.41. The minimum Gasteiger partial charge on any atom is -0.449 e. The molecule has 150 valence electrons. The number of carbonyl (C=O) groups excluding carboxylic acids is 2. The van der Waals surface area contributed by atoms with Gasteiger partial charge in [0.2, 0.25) is 0 Å². The fourth-order valence-electron chi connectivity index (χ4n) is 3.97. The molecule has 0 radical (unpaired) electrons. The van der Waals surface area contributed by atoms with Crippen LogP contribution in [0.3, 0.4) is 0 Å². The van der Waals surface area contributed by atoms with Crippen LogP contribution < -0.4 is 0 Å². The molecule has 1 fully saturated rings. The van der Waals surface area contributed by atoms with Crippen molar-refractivity contribution < 1.29 is 22.7 Å². The maximum atomic E-state index is 12.8. The van der Waals surface area contributed by atoms with E-state index in [0.717, 1.165) is 24.8 Å². The average Bonchev–Trinajstić information content (AvgIpc) is 3.18. The van der Waals surface area contributed by atoms with Crippen LogP contribution >= 0.6 is 11.3 Å². The third-order valence-electron chi connectivity index (χ3n) is 5.53. The summed E-state index contributed by atoms with van der Waals surface area (Å²) in [7, 11) is -3.08. The summed E-state index contributed by atoms with van der Waals surface area (Å²) in [4.78, 5) is 28.2. The monoisotopic (exact) mass is 413 g/mol. The lowest BCUT2D eigenvalue weighted by Crippen LogP contribution is -2.46. The highest BCUT2D eigenvalue weighted by Crippen LogP contribution is 2.33. The number of likely N-dealkylation sites (N-methyl/N-ethyl adjacent to an activating group) is 1. The first-order valence-electron chi connectivity index (χ1n) is 9.53. The fourth-order valence-corrected chi connectivity index (χ4v) is 6.94. The van der Waals surface area contributed by atoms with E-state index in [9.17, 15) is 18.0 Å². The molecule has 3 rings (SSSR count). The maximum Gasteiger partial charge on any atom is 0.340 e. The number of hydrogen-bond acceptors (Lipinski definition) is 6. The van der Waals surface area contributed by atoms with Crippen LogP contribution in [0, 0.1) is 5.92 Å². The van der Waals surface area contributed by atoms with Crippen LogP contribution in [0.1, 0.15) is 54.4 Å². The van der Waals surface area contributed by atoms with E-state index in [4.69, 9.17) is 4.74 Å². The number of esters is 1. The van der Waals surface area contributed by atoms with Crippen LogP contribution in [-0.4, -0.2) is 55.4 Å². The van der Waals surface area contributed by atoms with Crippen LogP contribution in [-0.2, 0) is 32.2 Å². The summed E-state index contributed by atoms with van der Waals surface area (Å²) < 4.78 is 28.9. The summed E-state index contributed by atoms with van der Waals surface area (Å²) in [5.41, 5.74) is 1.64. The Morgan fingerprint density at radius 3 is 2.74 bits per heavy atom. The number of carbonyl (C=O) groups is 2. The van der Waals surface area contributed by atoms with Crippen LogP contribution in [0.4, 0.5) is 0 Å². The number of amides is 1. The molecule has 0 N–H and O–H groups in total. The summed E-state index contributed by atoms with van der Waals surface area (Å²) in [6, 6.07) is -0.330. The zero-order valence-corrected chi connectivity index (χ0v) is 17.7. The summed E-state index contributed by atoms with van der Waals surface area (Å²) in [5, 5.41) is 1.84. The average molecular weight is 414 g/mol. The Bertz CT molecular complexity index is 829. The van der Waals surface area contributed by atoms with Gasteiger partial charge in [-0.05, 0) is 51.0 Å². The molecule has 0 spiro atoms. The second kappa shape index (κ2) is 7.91. The zero-order chi connectivity index (χ0) is 19.8. The third kappa shape index (κ3) is 4.37. The smallest absolute Gasteiger partial charge is 0.340 e. The predicted molar refractivity (Wildman–Crippen MR) is 105 cm³/mol. The number of hydrogen-bond donors (Lipinski definition) is 0. The van der Waals surface area contributed by atoms with Crippen molar-refractivity contribution in [2.24, 2.45) is 5.92 Å². The lowest BCUT2D eigenvalue weighted by molar-refractivity contribution is -0.141. The van der Waals surface area contributed by atoms with Crippen molar-refractivity contribution in [1.82, 2.24) is 4.90 Å². The highest BCUT2D eigenvalue weighted by atomic mass is 32.2. The van der Waals surface area contributed by atoms with Crippen molar-refractivity contribution in [2.45, 2.75) is 58.6 Å². The van der Waals surface area contributed by atoms with Gasteiger partial charge in [-0.25, -0.2) is 13.2 Å². The van der Waals surface area contributed by atoms with Gasteiger partial charge < -0.3 is 9.64 Å². The Kier molecular flexibility index (Phi) is 5.96. The van der Waals surface area contributed by atoms with E-state index in [2.05, 4.69) is 6.92 Å². The molecule has 2 aliphatic rings. The number of nitrogens with zero attached hydrogens (tertiary/aromatic N) is 1. The van der Waals surface area contributed by atoms with Gasteiger partial charge in [0.1, 0.15) is 0 Å². The van der Waals surface area contributed by atoms with E-state index in [1.807, 2.05) is 12.3 Å². The van der Waals surface area contributed by atoms with Gasteiger partial charge in [-0.15, -0.1) is 11.3 Å². The van der Waals surface area contributed by atoms with Gasteiger partial charge in [0.25, 0.3) is 5.91 Å². The molecule has 1 amide bonds. The maximum absolute atomic E-state index is 12.8. The van der Waals surface area contributed by atoms with Gasteiger partial charge in [0, 0.05) is 22.8 Å². The van der Waals surface area contributed by atoms with Crippen molar-refractivity contribution in [3.05, 3.63) is 21.4 Å². The van der Waals surface area contributed by atoms with Crippen LogP contribution in [0.15, 0.2) is 5.38 Å². The summed E-state index contributed by atoms with van der Waals surface area (Å²) in [5.74, 6) is -0.0663. The van der Waals surface area contributed by atoms with Gasteiger partial charge in [0.05, 0.1) is 17.1 Å².